The summed E-state index contributed by atoms with van der Waals surface area (Å²) in [6.45, 7) is 8.61. The summed E-state index contributed by atoms with van der Waals surface area (Å²) < 4.78 is 50.4. The lowest BCUT2D eigenvalue weighted by Crippen LogP contribution is -2.47. The number of piperazine rings is 1. The summed E-state index contributed by atoms with van der Waals surface area (Å²) in [6, 6.07) is 3.35. The Morgan fingerprint density at radius 1 is 0.896 bits per heavy atom. The minimum Gasteiger partial charge on any atom is -0.383 e. The van der Waals surface area contributed by atoms with E-state index in [1.807, 2.05) is 35.8 Å². The number of nitrogens with zero attached hydrogens (tertiary/aromatic N) is 10. The molecule has 356 valence electrons. The van der Waals surface area contributed by atoms with Gasteiger partial charge in [-0.15, -0.1) is 0 Å². The standard InChI is InChI=1S/C47H58F3N13O4/c1-28(2)63-45-39(43(51)54-27-55-45)40(58-63)41-38(42(67-59-41)30-9-10-30)44-52-25-31(26-53-44)29-15-18-62(19-16-29)37(65)8-6-4-3-5-7-17-60-20-22-61(23-21-60)35-13-11-32(24-33(35)47(48,49)50)56-34-12-14-36(64)57-46(34)66/h11,13,24-30,34,56H,3-10,12,14-23H2,1-2H3,(H2,51,54,55)(H,57,64,66). The van der Waals surface area contributed by atoms with Crippen molar-refractivity contribution >= 4 is 45.9 Å². The third kappa shape index (κ3) is 10.2. The molecule has 4 aromatic heterocycles. The van der Waals surface area contributed by atoms with E-state index in [-0.39, 0.29) is 53.9 Å². The summed E-state index contributed by atoms with van der Waals surface area (Å²) in [6.07, 6.45) is 10.1. The number of aromatic nitrogens is 7. The van der Waals surface area contributed by atoms with Crippen LogP contribution in [0.25, 0.3) is 33.8 Å². The number of fused-ring (bicyclic) bond motifs is 1. The number of nitrogens with two attached hydrogens (primary N) is 1. The van der Waals surface area contributed by atoms with Gasteiger partial charge in [0.1, 0.15) is 29.6 Å². The van der Waals surface area contributed by atoms with Gasteiger partial charge in [0.2, 0.25) is 17.7 Å². The van der Waals surface area contributed by atoms with Gasteiger partial charge in [0.25, 0.3) is 0 Å². The second kappa shape index (κ2) is 19.6. The van der Waals surface area contributed by atoms with Crippen molar-refractivity contribution in [2.24, 2.45) is 0 Å². The summed E-state index contributed by atoms with van der Waals surface area (Å²) in [5.41, 5.74) is 9.40. The molecule has 4 fully saturated rings. The average molecular weight is 926 g/mol. The van der Waals surface area contributed by atoms with Gasteiger partial charge in [-0.05, 0) is 95.0 Å². The molecule has 4 aliphatic rings. The van der Waals surface area contributed by atoms with Crippen LogP contribution < -0.4 is 21.3 Å². The predicted molar refractivity (Wildman–Crippen MR) is 245 cm³/mol. The Kier molecular flexibility index (Phi) is 13.4. The van der Waals surface area contributed by atoms with Gasteiger partial charge in [0.15, 0.2) is 17.2 Å². The summed E-state index contributed by atoms with van der Waals surface area (Å²) >= 11 is 0. The number of piperidine rings is 2. The number of nitrogens with one attached hydrogen (secondary N) is 2. The summed E-state index contributed by atoms with van der Waals surface area (Å²) in [5.74, 6) is 1.36. The number of amides is 3. The van der Waals surface area contributed by atoms with Crippen molar-refractivity contribution in [2.45, 2.75) is 121 Å². The molecule has 3 aliphatic heterocycles. The van der Waals surface area contributed by atoms with E-state index in [0.29, 0.717) is 79.8 Å². The molecular formula is C47H58F3N13O4. The largest absolute Gasteiger partial charge is 0.418 e. The molecule has 20 heteroatoms. The van der Waals surface area contributed by atoms with Gasteiger partial charge in [-0.2, -0.15) is 18.3 Å². The second-order valence-electron chi connectivity index (χ2n) is 18.6. The number of benzene rings is 1. The van der Waals surface area contributed by atoms with E-state index in [1.165, 1.54) is 12.4 Å². The van der Waals surface area contributed by atoms with Crippen LogP contribution in [0.3, 0.4) is 0 Å². The lowest BCUT2D eigenvalue weighted by Gasteiger charge is -2.37. The third-order valence-corrected chi connectivity index (χ3v) is 13.6. The number of hydrogen-bond donors (Lipinski definition) is 3. The molecule has 17 nitrogen and oxygen atoms in total. The maximum atomic E-state index is 14.2. The van der Waals surface area contributed by atoms with Crippen molar-refractivity contribution in [3.8, 4) is 22.8 Å². The van der Waals surface area contributed by atoms with Crippen LogP contribution in [0.2, 0.25) is 0 Å². The number of likely N-dealkylation sites (tertiary alicyclic amines) is 1. The van der Waals surface area contributed by atoms with Crippen LogP contribution in [0.5, 0.6) is 0 Å². The maximum absolute atomic E-state index is 14.2. The van der Waals surface area contributed by atoms with Crippen molar-refractivity contribution in [2.75, 3.05) is 61.8 Å². The molecule has 4 N–H and O–H groups in total. The zero-order valence-corrected chi connectivity index (χ0v) is 38.0. The topological polar surface area (TPSA) is 206 Å². The molecule has 67 heavy (non-hydrogen) atoms. The maximum Gasteiger partial charge on any atom is 0.418 e. The molecule has 1 atom stereocenters. The summed E-state index contributed by atoms with van der Waals surface area (Å²) in [4.78, 5) is 61.3. The Morgan fingerprint density at radius 3 is 2.33 bits per heavy atom. The highest BCUT2D eigenvalue weighted by molar-refractivity contribution is 6.02. The van der Waals surface area contributed by atoms with E-state index < -0.39 is 23.7 Å². The predicted octanol–water partition coefficient (Wildman–Crippen LogP) is 7.08. The fraction of sp³-hybridized carbons (Fsp3) is 0.553. The highest BCUT2D eigenvalue weighted by Gasteiger charge is 2.38. The minimum absolute atomic E-state index is 0.0260. The van der Waals surface area contributed by atoms with Crippen molar-refractivity contribution in [1.82, 2.24) is 50.0 Å². The number of carbonyl (C=O) groups is 3. The van der Waals surface area contributed by atoms with Crippen molar-refractivity contribution in [3.63, 3.8) is 0 Å². The second-order valence-corrected chi connectivity index (χ2v) is 18.6. The number of nitrogen functional groups attached to an aromatic ring is 1. The van der Waals surface area contributed by atoms with Crippen LogP contribution in [0, 0.1) is 0 Å². The number of alkyl halides is 3. The Balaban J connectivity index is 0.693. The Bertz CT molecular complexity index is 2580. The number of anilines is 3. The zero-order valence-electron chi connectivity index (χ0n) is 38.0. The highest BCUT2D eigenvalue weighted by atomic mass is 19.4. The number of carbonyl (C=O) groups excluding carboxylic acids is 3. The number of unbranched alkanes of at least 4 members (excludes halogenated alkanes) is 4. The Labute approximate surface area is 386 Å². The fourth-order valence-corrected chi connectivity index (χ4v) is 9.64. The van der Waals surface area contributed by atoms with Gasteiger partial charge < -0.3 is 25.4 Å². The molecule has 1 unspecified atom stereocenters. The Hall–Kier alpha value is -6.18. The smallest absolute Gasteiger partial charge is 0.383 e. The molecule has 1 aliphatic carbocycles. The Morgan fingerprint density at radius 2 is 1.63 bits per heavy atom. The first-order chi connectivity index (χ1) is 32.3. The molecule has 3 saturated heterocycles. The highest BCUT2D eigenvalue weighted by Crippen LogP contribution is 2.48. The van der Waals surface area contributed by atoms with Gasteiger partial charge in [0, 0.05) is 87.8 Å². The molecule has 0 radical (unpaired) electrons. The van der Waals surface area contributed by atoms with E-state index in [2.05, 4.69) is 30.7 Å². The average Bonchev–Trinajstić information content (AvgIpc) is 3.94. The van der Waals surface area contributed by atoms with Crippen molar-refractivity contribution in [3.05, 3.63) is 53.8 Å². The summed E-state index contributed by atoms with van der Waals surface area (Å²) in [7, 11) is 0. The first kappa shape index (κ1) is 46.0. The lowest BCUT2D eigenvalue weighted by atomic mass is 9.91. The molecule has 1 saturated carbocycles. The summed E-state index contributed by atoms with van der Waals surface area (Å²) in [5, 5.41) is 15.1. The number of halogens is 3. The van der Waals surface area contributed by atoms with Crippen LogP contribution in [0.1, 0.15) is 126 Å². The number of imide groups is 1. The fourth-order valence-electron chi connectivity index (χ4n) is 9.64. The SMILES string of the molecule is CC(C)n1nc(-c2noc(C3CC3)c2-c2ncc(C3CCN(C(=O)CCCCCCCN4CCN(c5ccc(NC6CCC(=O)NC6=O)cc5C(F)(F)F)CC4)CC3)cn2)c2c(N)ncnc21. The quantitative estimate of drug-likeness (QED) is 0.0668. The van der Waals surface area contributed by atoms with Gasteiger partial charge in [0.05, 0.1) is 16.5 Å². The normalized spacial score (nSPS) is 18.9. The zero-order chi connectivity index (χ0) is 46.8. The molecule has 0 spiro atoms. The van der Waals surface area contributed by atoms with Gasteiger partial charge in [-0.3, -0.25) is 24.6 Å². The van der Waals surface area contributed by atoms with Crippen LogP contribution in [0.4, 0.5) is 30.4 Å². The number of hydrogen-bond acceptors (Lipinski definition) is 14. The first-order valence-electron chi connectivity index (χ1n) is 23.7. The monoisotopic (exact) mass is 925 g/mol. The van der Waals surface area contributed by atoms with Gasteiger partial charge in [-0.25, -0.2) is 24.6 Å². The van der Waals surface area contributed by atoms with E-state index in [1.54, 1.807) is 11.0 Å². The van der Waals surface area contributed by atoms with Crippen molar-refractivity contribution < 1.29 is 32.1 Å². The number of rotatable bonds is 16. The molecule has 5 aromatic rings. The molecule has 1 aromatic carbocycles. The minimum atomic E-state index is -4.57. The van der Waals surface area contributed by atoms with E-state index in [0.717, 1.165) is 87.3 Å². The van der Waals surface area contributed by atoms with Crippen LogP contribution in [-0.2, 0) is 20.6 Å². The first-order valence-corrected chi connectivity index (χ1v) is 23.7. The van der Waals surface area contributed by atoms with E-state index in [4.69, 9.17) is 25.3 Å². The van der Waals surface area contributed by atoms with E-state index in [9.17, 15) is 27.6 Å². The van der Waals surface area contributed by atoms with Gasteiger partial charge >= 0.3 is 6.18 Å². The van der Waals surface area contributed by atoms with Crippen LogP contribution >= 0.6 is 0 Å². The van der Waals surface area contributed by atoms with Gasteiger partial charge in [-0.1, -0.05) is 24.4 Å². The third-order valence-electron chi connectivity index (χ3n) is 13.6. The molecular weight excluding hydrogens is 868 g/mol. The van der Waals surface area contributed by atoms with Crippen LogP contribution in [0.15, 0.2) is 41.4 Å². The molecule has 9 rings (SSSR count). The van der Waals surface area contributed by atoms with E-state index >= 15 is 0 Å². The van der Waals surface area contributed by atoms with Crippen LogP contribution in [-0.4, -0.2) is 114 Å². The lowest BCUT2D eigenvalue weighted by molar-refractivity contribution is -0.137. The van der Waals surface area contributed by atoms with Crippen molar-refractivity contribution in [1.29, 1.82) is 0 Å². The molecule has 0 bridgehead atoms. The molecule has 7 heterocycles. The molecule has 3 amide bonds.